The Morgan fingerprint density at radius 3 is 2.60 bits per heavy atom. The average molecular weight is 340 g/mol. The highest BCUT2D eigenvalue weighted by Crippen LogP contribution is 2.31. The Morgan fingerprint density at radius 2 is 1.96 bits per heavy atom. The van der Waals surface area contributed by atoms with E-state index in [9.17, 15) is 19.5 Å². The molecular weight excluding hydrogens is 324 g/mol. The summed E-state index contributed by atoms with van der Waals surface area (Å²) >= 11 is 0. The fourth-order valence-corrected chi connectivity index (χ4v) is 2.84. The molecule has 2 atom stereocenters. The molecule has 1 saturated heterocycles. The number of nitrogens with zero attached hydrogens (tertiary/aromatic N) is 2. The maximum Gasteiger partial charge on any atom is 0.329 e. The van der Waals surface area contributed by atoms with Crippen molar-refractivity contribution in [2.45, 2.75) is 12.5 Å². The number of nitrogens with two attached hydrogens (primary N) is 1. The molecule has 0 bridgehead atoms. The van der Waals surface area contributed by atoms with Gasteiger partial charge in [0.2, 0.25) is 5.91 Å². The SMILES string of the molecule is Nc1cc(C[C@H]2C(=O)N(C(=O)Nc3ccccc3)[C@@H]2C(=O)O)ccn1. The Bertz CT molecular complexity index is 824. The molecule has 128 valence electrons. The number of hydrogen-bond donors (Lipinski definition) is 3. The summed E-state index contributed by atoms with van der Waals surface area (Å²) in [5, 5.41) is 12.0. The number of rotatable bonds is 4. The van der Waals surface area contributed by atoms with Gasteiger partial charge < -0.3 is 16.2 Å². The van der Waals surface area contributed by atoms with Gasteiger partial charge in [-0.1, -0.05) is 18.2 Å². The highest BCUT2D eigenvalue weighted by Gasteiger charge is 2.54. The van der Waals surface area contributed by atoms with Crippen molar-refractivity contribution in [1.82, 2.24) is 9.88 Å². The van der Waals surface area contributed by atoms with Gasteiger partial charge in [0.25, 0.3) is 0 Å². The minimum atomic E-state index is -1.23. The first kappa shape index (κ1) is 16.4. The first-order valence-corrected chi connectivity index (χ1v) is 7.59. The molecule has 8 heteroatoms. The smallest absolute Gasteiger partial charge is 0.329 e. The summed E-state index contributed by atoms with van der Waals surface area (Å²) in [5.74, 6) is -2.29. The maximum absolute atomic E-state index is 12.4. The fraction of sp³-hybridized carbons (Fsp3) is 0.176. The molecule has 1 aliphatic rings. The van der Waals surface area contributed by atoms with Gasteiger partial charge in [0.05, 0.1) is 5.92 Å². The minimum absolute atomic E-state index is 0.178. The van der Waals surface area contributed by atoms with Gasteiger partial charge in [0.15, 0.2) is 6.04 Å². The molecule has 8 nitrogen and oxygen atoms in total. The van der Waals surface area contributed by atoms with Gasteiger partial charge in [0.1, 0.15) is 5.82 Å². The number of para-hydroxylation sites is 1. The first-order chi connectivity index (χ1) is 12.0. The normalized spacial score (nSPS) is 19.2. The molecule has 2 aromatic rings. The van der Waals surface area contributed by atoms with E-state index in [-0.39, 0.29) is 12.2 Å². The van der Waals surface area contributed by atoms with E-state index in [1.54, 1.807) is 42.5 Å². The highest BCUT2D eigenvalue weighted by atomic mass is 16.4. The van der Waals surface area contributed by atoms with Crippen LogP contribution in [0.15, 0.2) is 48.7 Å². The van der Waals surface area contributed by atoms with Crippen molar-refractivity contribution in [3.8, 4) is 0 Å². The number of nitrogens with one attached hydrogen (secondary N) is 1. The summed E-state index contributed by atoms with van der Waals surface area (Å²) in [6.45, 7) is 0. The van der Waals surface area contributed by atoms with Crippen LogP contribution in [0.25, 0.3) is 0 Å². The van der Waals surface area contributed by atoms with E-state index in [0.717, 1.165) is 4.90 Å². The highest BCUT2D eigenvalue weighted by molar-refractivity contribution is 6.11. The van der Waals surface area contributed by atoms with E-state index in [2.05, 4.69) is 10.3 Å². The lowest BCUT2D eigenvalue weighted by Gasteiger charge is -2.42. The number of amides is 3. The molecule has 1 fully saturated rings. The zero-order valence-electron chi connectivity index (χ0n) is 13.1. The molecule has 0 aliphatic carbocycles. The molecule has 4 N–H and O–H groups in total. The molecule has 3 amide bonds. The molecule has 3 rings (SSSR count). The van der Waals surface area contributed by atoms with Gasteiger partial charge in [0, 0.05) is 11.9 Å². The number of anilines is 2. The number of carbonyl (C=O) groups excluding carboxylic acids is 2. The van der Waals surface area contributed by atoms with Crippen LogP contribution in [0, 0.1) is 5.92 Å². The Hall–Kier alpha value is -3.42. The van der Waals surface area contributed by atoms with Crippen molar-refractivity contribution >= 4 is 29.4 Å². The van der Waals surface area contributed by atoms with Gasteiger partial charge in [-0.25, -0.2) is 19.5 Å². The molecule has 0 unspecified atom stereocenters. The Kier molecular flexibility index (Phi) is 4.34. The van der Waals surface area contributed by atoms with E-state index < -0.39 is 29.9 Å². The van der Waals surface area contributed by atoms with E-state index in [1.807, 2.05) is 0 Å². The number of aliphatic carboxylic acids is 1. The molecule has 0 saturated carbocycles. The van der Waals surface area contributed by atoms with Crippen molar-refractivity contribution in [1.29, 1.82) is 0 Å². The summed E-state index contributed by atoms with van der Waals surface area (Å²) in [5.41, 5.74) is 6.77. The molecule has 1 aliphatic heterocycles. The lowest BCUT2D eigenvalue weighted by molar-refractivity contribution is -0.165. The van der Waals surface area contributed by atoms with Crippen molar-refractivity contribution < 1.29 is 19.5 Å². The summed E-state index contributed by atoms with van der Waals surface area (Å²) < 4.78 is 0. The van der Waals surface area contributed by atoms with Crippen LogP contribution >= 0.6 is 0 Å². The zero-order chi connectivity index (χ0) is 18.0. The number of β-lactam (4-membered cyclic amide) rings is 1. The van der Waals surface area contributed by atoms with E-state index in [4.69, 9.17) is 5.73 Å². The fourth-order valence-electron chi connectivity index (χ4n) is 2.84. The number of aromatic nitrogens is 1. The van der Waals surface area contributed by atoms with Crippen LogP contribution in [0.3, 0.4) is 0 Å². The van der Waals surface area contributed by atoms with Crippen molar-refractivity contribution in [2.75, 3.05) is 11.1 Å². The Morgan fingerprint density at radius 1 is 1.24 bits per heavy atom. The number of benzene rings is 1. The van der Waals surface area contributed by atoms with Gasteiger partial charge in [-0.15, -0.1) is 0 Å². The third-order valence-corrected chi connectivity index (χ3v) is 4.01. The molecule has 0 radical (unpaired) electrons. The Labute approximate surface area is 143 Å². The van der Waals surface area contributed by atoms with Gasteiger partial charge in [-0.2, -0.15) is 0 Å². The number of carbonyl (C=O) groups is 3. The minimum Gasteiger partial charge on any atom is -0.480 e. The third kappa shape index (κ3) is 3.27. The molecule has 1 aromatic heterocycles. The lowest BCUT2D eigenvalue weighted by atomic mass is 9.82. The third-order valence-electron chi connectivity index (χ3n) is 4.01. The van der Waals surface area contributed by atoms with Crippen LogP contribution in [0.4, 0.5) is 16.3 Å². The van der Waals surface area contributed by atoms with Crippen molar-refractivity contribution in [3.63, 3.8) is 0 Å². The van der Waals surface area contributed by atoms with E-state index in [1.165, 1.54) is 6.20 Å². The zero-order valence-corrected chi connectivity index (χ0v) is 13.1. The molecular formula is C17H16N4O4. The standard InChI is InChI=1S/C17H16N4O4/c18-13-9-10(6-7-19-13)8-12-14(16(23)24)21(15(12)22)17(25)20-11-4-2-1-3-5-11/h1-7,9,12,14H,8H2,(H2,18,19)(H,20,25)(H,23,24)/t12-,14+/m1/s1. The predicted octanol–water partition coefficient (Wildman–Crippen LogP) is 1.35. The number of carboxylic acids is 1. The number of urea groups is 1. The quantitative estimate of drug-likeness (QED) is 0.721. The topological polar surface area (TPSA) is 126 Å². The van der Waals surface area contributed by atoms with Gasteiger partial charge in [-0.3, -0.25) is 4.79 Å². The second-order valence-electron chi connectivity index (χ2n) is 5.69. The predicted molar refractivity (Wildman–Crippen MR) is 89.6 cm³/mol. The molecule has 2 heterocycles. The summed E-state index contributed by atoms with van der Waals surface area (Å²) in [4.78, 5) is 40.8. The molecule has 25 heavy (non-hydrogen) atoms. The average Bonchev–Trinajstić information content (AvgIpc) is 2.57. The van der Waals surface area contributed by atoms with Crippen LogP contribution in [0.5, 0.6) is 0 Å². The van der Waals surface area contributed by atoms with Crippen molar-refractivity contribution in [2.24, 2.45) is 5.92 Å². The number of carboxylic acid groups (broad SMARTS) is 1. The summed E-state index contributed by atoms with van der Waals surface area (Å²) in [7, 11) is 0. The second-order valence-corrected chi connectivity index (χ2v) is 5.69. The molecule has 0 spiro atoms. The molecule has 1 aromatic carbocycles. The van der Waals surface area contributed by atoms with Crippen LogP contribution in [0.2, 0.25) is 0 Å². The van der Waals surface area contributed by atoms with Crippen molar-refractivity contribution in [3.05, 3.63) is 54.2 Å². The van der Waals surface area contributed by atoms with Crippen LogP contribution in [0.1, 0.15) is 5.56 Å². The first-order valence-electron chi connectivity index (χ1n) is 7.59. The number of likely N-dealkylation sites (tertiary alicyclic amines) is 1. The van der Waals surface area contributed by atoms with Crippen LogP contribution < -0.4 is 11.1 Å². The second kappa shape index (κ2) is 6.60. The van der Waals surface area contributed by atoms with Gasteiger partial charge in [-0.05, 0) is 36.2 Å². The van der Waals surface area contributed by atoms with Gasteiger partial charge >= 0.3 is 12.0 Å². The summed E-state index contributed by atoms with van der Waals surface area (Å²) in [6.07, 6.45) is 1.67. The van der Waals surface area contributed by atoms with Crippen LogP contribution in [-0.2, 0) is 16.0 Å². The van der Waals surface area contributed by atoms with E-state index >= 15 is 0 Å². The number of pyridine rings is 1. The Balaban J connectivity index is 1.74. The monoisotopic (exact) mass is 340 g/mol. The van der Waals surface area contributed by atoms with E-state index in [0.29, 0.717) is 11.3 Å². The lowest BCUT2D eigenvalue weighted by Crippen LogP contribution is -2.67. The largest absolute Gasteiger partial charge is 0.480 e. The number of nitrogen functional groups attached to an aromatic ring is 1. The summed E-state index contributed by atoms with van der Waals surface area (Å²) in [6, 6.07) is 9.79. The number of imide groups is 1. The number of hydrogen-bond acceptors (Lipinski definition) is 5. The maximum atomic E-state index is 12.4. The van der Waals surface area contributed by atoms with Crippen LogP contribution in [-0.4, -0.2) is 38.9 Å².